The monoisotopic (exact) mass is 366 g/mol. The number of aliphatic carboxylic acids is 1. The number of hydrogen-bond donors (Lipinski definition) is 3. The lowest BCUT2D eigenvalue weighted by atomic mass is 10.0. The van der Waals surface area contributed by atoms with Gasteiger partial charge in [0, 0.05) is 10.3 Å². The van der Waals surface area contributed by atoms with Gasteiger partial charge in [-0.1, -0.05) is 18.2 Å². The number of carboxylic acid groups (broad SMARTS) is 1. The van der Waals surface area contributed by atoms with E-state index in [1.54, 1.807) is 51.1 Å². The van der Waals surface area contributed by atoms with Crippen molar-refractivity contribution in [3.8, 4) is 0 Å². The van der Waals surface area contributed by atoms with Crippen LogP contribution in [0.3, 0.4) is 0 Å². The van der Waals surface area contributed by atoms with Crippen molar-refractivity contribution in [2.45, 2.75) is 43.0 Å². The largest absolute Gasteiger partial charge is 0.480 e. The van der Waals surface area contributed by atoms with Gasteiger partial charge in [-0.25, -0.2) is 4.79 Å². The number of rotatable bonds is 6. The Morgan fingerprint density at radius 2 is 1.96 bits per heavy atom. The molecule has 1 aromatic carbocycles. The Balaban J connectivity index is 2.21. The minimum Gasteiger partial charge on any atom is -0.480 e. The van der Waals surface area contributed by atoms with E-state index in [2.05, 4.69) is 10.6 Å². The molecule has 0 saturated carbocycles. The number of thioether (sulfide) groups is 1. The summed E-state index contributed by atoms with van der Waals surface area (Å²) in [6.07, 6.45) is 0. The number of carbonyl (C=O) groups excluding carboxylic acids is 2. The van der Waals surface area contributed by atoms with Crippen LogP contribution in [0.2, 0.25) is 0 Å². The van der Waals surface area contributed by atoms with Gasteiger partial charge in [-0.3, -0.25) is 14.9 Å². The quantitative estimate of drug-likeness (QED) is 0.651. The first-order valence-corrected chi connectivity index (χ1v) is 8.83. The Morgan fingerprint density at radius 3 is 2.48 bits per heavy atom. The molecule has 1 heterocycles. The molecule has 0 bridgehead atoms. The molecule has 1 amide bonds. The Hall–Kier alpha value is -2.06. The second-order valence-corrected chi connectivity index (χ2v) is 7.94. The van der Waals surface area contributed by atoms with Crippen LogP contribution in [-0.4, -0.2) is 51.8 Å². The van der Waals surface area contributed by atoms with Crippen LogP contribution in [0, 0.1) is 0 Å². The molecule has 0 unspecified atom stereocenters. The van der Waals surface area contributed by atoms with Crippen LogP contribution in [0.1, 0.15) is 31.1 Å². The third-order valence-corrected chi connectivity index (χ3v) is 5.38. The van der Waals surface area contributed by atoms with Crippen LogP contribution in [0.4, 0.5) is 0 Å². The molecule has 1 aliphatic rings. The molecule has 1 saturated heterocycles. The van der Waals surface area contributed by atoms with Crippen LogP contribution in [0.5, 0.6) is 0 Å². The van der Waals surface area contributed by atoms with Crippen molar-refractivity contribution in [3.05, 3.63) is 35.9 Å². The summed E-state index contributed by atoms with van der Waals surface area (Å²) < 4.78 is 4.42. The van der Waals surface area contributed by atoms with Crippen molar-refractivity contribution in [3.63, 3.8) is 0 Å². The molecule has 8 heteroatoms. The Bertz CT molecular complexity index is 650. The minimum atomic E-state index is -1.00. The molecular formula is C17H22N2O5S. The van der Waals surface area contributed by atoms with E-state index < -0.39 is 40.1 Å². The van der Waals surface area contributed by atoms with Gasteiger partial charge < -0.3 is 15.2 Å². The number of carboxylic acids is 1. The topological polar surface area (TPSA) is 105 Å². The molecule has 25 heavy (non-hydrogen) atoms. The minimum absolute atomic E-state index is 0.166. The summed E-state index contributed by atoms with van der Waals surface area (Å²) in [6, 6.07) is 6.66. The van der Waals surface area contributed by atoms with Crippen LogP contribution < -0.4 is 10.6 Å². The Labute approximate surface area is 150 Å². The van der Waals surface area contributed by atoms with Gasteiger partial charge in [-0.2, -0.15) is 0 Å². The highest BCUT2D eigenvalue weighted by Crippen LogP contribution is 2.39. The van der Waals surface area contributed by atoms with Crippen LogP contribution >= 0.6 is 11.8 Å². The van der Waals surface area contributed by atoms with Crippen molar-refractivity contribution < 1.29 is 24.2 Å². The summed E-state index contributed by atoms with van der Waals surface area (Å²) >= 11 is 1.30. The molecule has 2 rings (SSSR count). The summed E-state index contributed by atoms with van der Waals surface area (Å²) in [4.78, 5) is 36.2. The average Bonchev–Trinajstić information content (AvgIpc) is 2.88. The summed E-state index contributed by atoms with van der Waals surface area (Å²) in [7, 11) is 0. The highest BCUT2D eigenvalue weighted by atomic mass is 32.2. The van der Waals surface area contributed by atoms with Crippen LogP contribution in [0.15, 0.2) is 30.3 Å². The normalized spacial score (nSPS) is 22.8. The number of esters is 1. The third-order valence-electron chi connectivity index (χ3n) is 3.87. The predicted molar refractivity (Wildman–Crippen MR) is 94.3 cm³/mol. The fraction of sp³-hybridized carbons (Fsp3) is 0.471. The van der Waals surface area contributed by atoms with Gasteiger partial charge in [-0.05, 0) is 32.9 Å². The molecular weight excluding hydrogens is 344 g/mol. The lowest BCUT2D eigenvalue weighted by Gasteiger charge is -2.23. The number of carbonyl (C=O) groups is 3. The van der Waals surface area contributed by atoms with Crippen molar-refractivity contribution in [2.75, 3.05) is 6.61 Å². The maximum absolute atomic E-state index is 12.4. The van der Waals surface area contributed by atoms with E-state index in [-0.39, 0.29) is 6.61 Å². The number of nitrogens with one attached hydrogen (secondary N) is 2. The van der Waals surface area contributed by atoms with Crippen molar-refractivity contribution in [2.24, 2.45) is 0 Å². The summed E-state index contributed by atoms with van der Waals surface area (Å²) in [5, 5.41) is 14.4. The number of amides is 1. The fourth-order valence-corrected chi connectivity index (χ4v) is 4.11. The van der Waals surface area contributed by atoms with E-state index in [4.69, 9.17) is 4.74 Å². The molecule has 3 atom stereocenters. The van der Waals surface area contributed by atoms with Gasteiger partial charge >= 0.3 is 11.9 Å². The Morgan fingerprint density at radius 1 is 1.32 bits per heavy atom. The maximum Gasteiger partial charge on any atom is 0.331 e. The first-order valence-electron chi connectivity index (χ1n) is 7.95. The molecule has 0 radical (unpaired) electrons. The van der Waals surface area contributed by atoms with Gasteiger partial charge in [0.05, 0.1) is 12.0 Å². The van der Waals surface area contributed by atoms with Gasteiger partial charge in [0.1, 0.15) is 6.04 Å². The van der Waals surface area contributed by atoms with Gasteiger partial charge in [0.15, 0.2) is 6.04 Å². The van der Waals surface area contributed by atoms with Crippen molar-refractivity contribution >= 4 is 29.6 Å². The molecule has 1 aromatic rings. The molecule has 0 aliphatic carbocycles. The standard InChI is InChI=1S/C17H22N2O5S/c1-4-24-16(23)11(18-13(20)10-8-6-5-7-9-10)14-19-12(15(21)22)17(2,3)25-14/h5-9,11-12,14,19H,4H2,1-3H3,(H,18,20)(H,21,22)/t11-,12+,14-/m0/s1. The zero-order valence-corrected chi connectivity index (χ0v) is 15.1. The van der Waals surface area contributed by atoms with Gasteiger partial charge in [0.25, 0.3) is 5.91 Å². The fourth-order valence-electron chi connectivity index (χ4n) is 2.63. The van der Waals surface area contributed by atoms with E-state index in [0.29, 0.717) is 5.56 Å². The van der Waals surface area contributed by atoms with E-state index in [1.165, 1.54) is 11.8 Å². The number of hydrogen-bond acceptors (Lipinski definition) is 6. The lowest BCUT2D eigenvalue weighted by molar-refractivity contribution is -0.146. The molecule has 1 aliphatic heterocycles. The first-order chi connectivity index (χ1) is 11.8. The zero-order valence-electron chi connectivity index (χ0n) is 14.3. The molecule has 7 nitrogen and oxygen atoms in total. The van der Waals surface area contributed by atoms with Gasteiger partial charge in [0.2, 0.25) is 0 Å². The van der Waals surface area contributed by atoms with E-state index in [9.17, 15) is 19.5 Å². The second-order valence-electron chi connectivity index (χ2n) is 6.15. The highest BCUT2D eigenvalue weighted by Gasteiger charge is 2.49. The predicted octanol–water partition coefficient (Wildman–Crippen LogP) is 1.24. The van der Waals surface area contributed by atoms with E-state index >= 15 is 0 Å². The van der Waals surface area contributed by atoms with E-state index in [1.807, 2.05) is 0 Å². The number of ether oxygens (including phenoxy) is 1. The van der Waals surface area contributed by atoms with Gasteiger partial charge in [-0.15, -0.1) is 11.8 Å². The van der Waals surface area contributed by atoms with Crippen molar-refractivity contribution in [1.82, 2.24) is 10.6 Å². The smallest absolute Gasteiger partial charge is 0.331 e. The molecule has 1 fully saturated rings. The number of benzene rings is 1. The maximum atomic E-state index is 12.4. The molecule has 0 spiro atoms. The second kappa shape index (κ2) is 7.88. The summed E-state index contributed by atoms with van der Waals surface area (Å²) in [5.41, 5.74) is 0.411. The first kappa shape index (κ1) is 19.3. The van der Waals surface area contributed by atoms with Crippen molar-refractivity contribution in [1.29, 1.82) is 0 Å². The Kier molecular flexibility index (Phi) is 6.07. The highest BCUT2D eigenvalue weighted by molar-refractivity contribution is 8.01. The summed E-state index contributed by atoms with van der Waals surface area (Å²) in [6.45, 7) is 5.40. The SMILES string of the molecule is CCOC(=O)[C@@H](NC(=O)c1ccccc1)[C@H]1N[C@H](C(=O)O)C(C)(C)S1. The summed E-state index contributed by atoms with van der Waals surface area (Å²) in [5.74, 6) is -2.02. The van der Waals surface area contributed by atoms with Crippen LogP contribution in [-0.2, 0) is 14.3 Å². The molecule has 136 valence electrons. The third kappa shape index (κ3) is 4.52. The van der Waals surface area contributed by atoms with Crippen LogP contribution in [0.25, 0.3) is 0 Å². The molecule has 0 aromatic heterocycles. The molecule has 3 N–H and O–H groups in total. The lowest BCUT2D eigenvalue weighted by Crippen LogP contribution is -2.54. The zero-order chi connectivity index (χ0) is 18.6. The average molecular weight is 366 g/mol. The van der Waals surface area contributed by atoms with E-state index in [0.717, 1.165) is 0 Å².